The topological polar surface area (TPSA) is 69.6 Å². The number of aliphatic hydroxyl groups excluding tert-OH is 1. The molecule has 2 aliphatic carbocycles. The molecular weight excluding hydrogens is 256 g/mol. The van der Waals surface area contributed by atoms with Crippen LogP contribution in [0.5, 0.6) is 0 Å². The number of likely N-dealkylation sites (N-methyl/N-ethyl adjacent to an activating group) is 1. The molecule has 114 valence electrons. The summed E-state index contributed by atoms with van der Waals surface area (Å²) in [7, 11) is 1.72. The van der Waals surface area contributed by atoms with Crippen molar-refractivity contribution in [2.45, 2.75) is 57.6 Å². The monoisotopic (exact) mass is 282 g/mol. The van der Waals surface area contributed by atoms with Crippen molar-refractivity contribution in [2.75, 3.05) is 13.6 Å². The summed E-state index contributed by atoms with van der Waals surface area (Å²) in [6.07, 6.45) is 5.93. The van der Waals surface area contributed by atoms with Gasteiger partial charge < -0.3 is 15.3 Å². The number of nitrogens with zero attached hydrogens (tertiary/aromatic N) is 1. The largest absolute Gasteiger partial charge is 0.391 e. The van der Waals surface area contributed by atoms with E-state index in [0.717, 1.165) is 38.5 Å². The lowest BCUT2D eigenvalue weighted by atomic mass is 9.96. The zero-order valence-corrected chi connectivity index (χ0v) is 12.5. The van der Waals surface area contributed by atoms with Crippen LogP contribution in [0.4, 0.5) is 0 Å². The Morgan fingerprint density at radius 1 is 1.20 bits per heavy atom. The summed E-state index contributed by atoms with van der Waals surface area (Å²) in [5.74, 6) is 0.376. The molecule has 2 amide bonds. The van der Waals surface area contributed by atoms with Crippen molar-refractivity contribution >= 4 is 11.8 Å². The van der Waals surface area contributed by atoms with Crippen molar-refractivity contribution in [3.8, 4) is 0 Å². The minimum absolute atomic E-state index is 0.0631. The minimum Gasteiger partial charge on any atom is -0.391 e. The predicted molar refractivity (Wildman–Crippen MR) is 75.9 cm³/mol. The maximum Gasteiger partial charge on any atom is 0.245 e. The number of carbonyl (C=O) groups is 2. The van der Waals surface area contributed by atoms with Gasteiger partial charge in [-0.3, -0.25) is 9.59 Å². The molecule has 0 aromatic heterocycles. The smallest absolute Gasteiger partial charge is 0.245 e. The van der Waals surface area contributed by atoms with Crippen LogP contribution in [0.2, 0.25) is 0 Å². The van der Waals surface area contributed by atoms with E-state index in [-0.39, 0.29) is 17.7 Å². The highest BCUT2D eigenvalue weighted by atomic mass is 16.3. The molecule has 5 heteroatoms. The Morgan fingerprint density at radius 3 is 2.30 bits per heavy atom. The van der Waals surface area contributed by atoms with Crippen LogP contribution < -0.4 is 5.32 Å². The molecular formula is C15H26N2O3. The summed E-state index contributed by atoms with van der Waals surface area (Å²) in [6, 6.07) is -0.425. The summed E-state index contributed by atoms with van der Waals surface area (Å²) in [5.41, 5.74) is 0. The number of hydrogen-bond acceptors (Lipinski definition) is 3. The first-order chi connectivity index (χ1) is 9.49. The molecule has 2 rings (SSSR count). The number of carbonyl (C=O) groups excluding carboxylic acids is 2. The van der Waals surface area contributed by atoms with Crippen LogP contribution in [-0.4, -0.2) is 47.6 Å². The maximum absolute atomic E-state index is 12.5. The first-order valence-corrected chi connectivity index (χ1v) is 7.69. The van der Waals surface area contributed by atoms with Crippen molar-refractivity contribution in [1.82, 2.24) is 10.2 Å². The fraction of sp³-hybridized carbons (Fsp3) is 0.867. The molecule has 2 N–H and O–H groups in total. The lowest BCUT2D eigenvalue weighted by Crippen LogP contribution is -2.51. The highest BCUT2D eigenvalue weighted by molar-refractivity contribution is 5.87. The van der Waals surface area contributed by atoms with Gasteiger partial charge in [-0.1, -0.05) is 12.8 Å². The van der Waals surface area contributed by atoms with Gasteiger partial charge in [-0.05, 0) is 37.5 Å². The second kappa shape index (κ2) is 6.57. The van der Waals surface area contributed by atoms with E-state index in [1.807, 2.05) is 0 Å². The molecule has 0 heterocycles. The zero-order chi connectivity index (χ0) is 14.7. The predicted octanol–water partition coefficient (Wildman–Crippen LogP) is 0.911. The van der Waals surface area contributed by atoms with Gasteiger partial charge in [0.15, 0.2) is 0 Å². The number of rotatable bonds is 6. The highest BCUT2D eigenvalue weighted by Gasteiger charge is 2.35. The zero-order valence-electron chi connectivity index (χ0n) is 12.5. The summed E-state index contributed by atoms with van der Waals surface area (Å²) >= 11 is 0. The van der Waals surface area contributed by atoms with Gasteiger partial charge in [0, 0.05) is 20.5 Å². The van der Waals surface area contributed by atoms with E-state index in [9.17, 15) is 14.7 Å². The van der Waals surface area contributed by atoms with Crippen LogP contribution in [0, 0.1) is 11.8 Å². The SMILES string of the molecule is CC(=O)NC(C(=O)N(C)CC(O)C1CC1)C1CCCC1. The van der Waals surface area contributed by atoms with E-state index < -0.39 is 12.1 Å². The van der Waals surface area contributed by atoms with E-state index in [0.29, 0.717) is 12.5 Å². The van der Waals surface area contributed by atoms with Gasteiger partial charge in [0.05, 0.1) is 6.10 Å². The Morgan fingerprint density at radius 2 is 1.80 bits per heavy atom. The summed E-state index contributed by atoms with van der Waals surface area (Å²) in [5, 5.41) is 12.8. The van der Waals surface area contributed by atoms with Crippen molar-refractivity contribution in [3.05, 3.63) is 0 Å². The molecule has 0 saturated heterocycles. The van der Waals surface area contributed by atoms with Crippen molar-refractivity contribution in [1.29, 1.82) is 0 Å². The van der Waals surface area contributed by atoms with E-state index in [2.05, 4.69) is 5.32 Å². The van der Waals surface area contributed by atoms with Gasteiger partial charge in [-0.15, -0.1) is 0 Å². The third kappa shape index (κ3) is 3.95. The molecule has 5 nitrogen and oxygen atoms in total. The Balaban J connectivity index is 1.94. The number of aliphatic hydroxyl groups is 1. The van der Waals surface area contributed by atoms with E-state index in [1.165, 1.54) is 6.92 Å². The van der Waals surface area contributed by atoms with Crippen molar-refractivity contribution in [3.63, 3.8) is 0 Å². The molecule has 0 aromatic carbocycles. The van der Waals surface area contributed by atoms with Crippen LogP contribution in [0.15, 0.2) is 0 Å². The minimum atomic E-state index is -0.425. The van der Waals surface area contributed by atoms with E-state index >= 15 is 0 Å². The molecule has 0 bridgehead atoms. The number of amides is 2. The van der Waals surface area contributed by atoms with Gasteiger partial charge in [0.2, 0.25) is 11.8 Å². The standard InChI is InChI=1S/C15H26N2O3/c1-10(18)16-14(12-5-3-4-6-12)15(20)17(2)9-13(19)11-7-8-11/h11-14,19H,3-9H2,1-2H3,(H,16,18). The van der Waals surface area contributed by atoms with Gasteiger partial charge in [-0.25, -0.2) is 0 Å². The normalized spacial score (nSPS) is 22.4. The molecule has 0 aliphatic heterocycles. The van der Waals surface area contributed by atoms with Gasteiger partial charge in [-0.2, -0.15) is 0 Å². The van der Waals surface area contributed by atoms with Crippen LogP contribution in [0.25, 0.3) is 0 Å². The third-order valence-electron chi connectivity index (χ3n) is 4.50. The molecule has 2 fully saturated rings. The second-order valence-corrected chi connectivity index (χ2v) is 6.35. The average Bonchev–Trinajstić information content (AvgIpc) is 3.11. The lowest BCUT2D eigenvalue weighted by Gasteiger charge is -2.29. The lowest BCUT2D eigenvalue weighted by molar-refractivity contribution is -0.137. The summed E-state index contributed by atoms with van der Waals surface area (Å²) in [4.78, 5) is 25.5. The first-order valence-electron chi connectivity index (χ1n) is 7.69. The highest BCUT2D eigenvalue weighted by Crippen LogP contribution is 2.33. The van der Waals surface area contributed by atoms with Crippen molar-refractivity contribution < 1.29 is 14.7 Å². The molecule has 0 aromatic rings. The van der Waals surface area contributed by atoms with Gasteiger partial charge >= 0.3 is 0 Å². The fourth-order valence-corrected chi connectivity index (χ4v) is 3.13. The first kappa shape index (κ1) is 15.3. The average molecular weight is 282 g/mol. The Bertz CT molecular complexity index is 362. The number of hydrogen-bond donors (Lipinski definition) is 2. The quantitative estimate of drug-likeness (QED) is 0.761. The van der Waals surface area contributed by atoms with Crippen LogP contribution in [-0.2, 0) is 9.59 Å². The van der Waals surface area contributed by atoms with Crippen LogP contribution in [0.3, 0.4) is 0 Å². The molecule has 2 aliphatic rings. The third-order valence-corrected chi connectivity index (χ3v) is 4.50. The molecule has 20 heavy (non-hydrogen) atoms. The van der Waals surface area contributed by atoms with Gasteiger partial charge in [0.1, 0.15) is 6.04 Å². The molecule has 0 radical (unpaired) electrons. The van der Waals surface area contributed by atoms with Crippen LogP contribution >= 0.6 is 0 Å². The van der Waals surface area contributed by atoms with Gasteiger partial charge in [0.25, 0.3) is 0 Å². The fourth-order valence-electron chi connectivity index (χ4n) is 3.13. The molecule has 2 atom stereocenters. The maximum atomic E-state index is 12.5. The molecule has 2 saturated carbocycles. The molecule has 0 spiro atoms. The second-order valence-electron chi connectivity index (χ2n) is 6.35. The van der Waals surface area contributed by atoms with E-state index in [1.54, 1.807) is 11.9 Å². The summed E-state index contributed by atoms with van der Waals surface area (Å²) < 4.78 is 0. The Hall–Kier alpha value is -1.10. The molecule has 2 unspecified atom stereocenters. The summed E-state index contributed by atoms with van der Waals surface area (Å²) in [6.45, 7) is 1.82. The Kier molecular flexibility index (Phi) is 5.02. The van der Waals surface area contributed by atoms with Crippen molar-refractivity contribution in [2.24, 2.45) is 11.8 Å². The Labute approximate surface area is 120 Å². The van der Waals surface area contributed by atoms with Crippen LogP contribution in [0.1, 0.15) is 45.4 Å². The van der Waals surface area contributed by atoms with E-state index in [4.69, 9.17) is 0 Å². The number of nitrogens with one attached hydrogen (secondary N) is 1.